The van der Waals surface area contributed by atoms with Gasteiger partial charge < -0.3 is 20.5 Å². The Hall–Kier alpha value is -2.57. The van der Waals surface area contributed by atoms with Gasteiger partial charge in [0.2, 0.25) is 5.91 Å². The third-order valence-electron chi connectivity index (χ3n) is 2.58. The monoisotopic (exact) mass is 294 g/mol. The van der Waals surface area contributed by atoms with Crippen LogP contribution in [0.1, 0.15) is 12.5 Å². The van der Waals surface area contributed by atoms with Gasteiger partial charge in [0.05, 0.1) is 6.54 Å². The molecule has 0 saturated carbocycles. The SMILES string of the molecule is CCc1ccc(OCC(=O)NCC(=O)NCC(=O)O)cc1. The number of carbonyl (C=O) groups excluding carboxylic acids is 2. The van der Waals surface area contributed by atoms with Crippen LogP contribution in [0.25, 0.3) is 0 Å². The van der Waals surface area contributed by atoms with Crippen molar-refractivity contribution in [3.63, 3.8) is 0 Å². The zero-order chi connectivity index (χ0) is 15.7. The van der Waals surface area contributed by atoms with E-state index in [4.69, 9.17) is 9.84 Å². The molecule has 3 N–H and O–H groups in total. The lowest BCUT2D eigenvalue weighted by Crippen LogP contribution is -2.40. The Kier molecular flexibility index (Phi) is 6.73. The maximum absolute atomic E-state index is 11.4. The molecule has 0 aliphatic rings. The maximum atomic E-state index is 11.4. The van der Waals surface area contributed by atoms with Crippen molar-refractivity contribution in [2.45, 2.75) is 13.3 Å². The lowest BCUT2D eigenvalue weighted by Gasteiger charge is -2.08. The van der Waals surface area contributed by atoms with Crippen molar-refractivity contribution >= 4 is 17.8 Å². The fraction of sp³-hybridized carbons (Fsp3) is 0.357. The van der Waals surface area contributed by atoms with Gasteiger partial charge in [-0.3, -0.25) is 14.4 Å². The number of rotatable bonds is 8. The van der Waals surface area contributed by atoms with Gasteiger partial charge in [0.1, 0.15) is 12.3 Å². The number of nitrogens with one attached hydrogen (secondary N) is 2. The first kappa shape index (κ1) is 16.5. The quantitative estimate of drug-likeness (QED) is 0.623. The number of carboxylic acid groups (broad SMARTS) is 1. The molecule has 7 nitrogen and oxygen atoms in total. The summed E-state index contributed by atoms with van der Waals surface area (Å²) in [5, 5.41) is 12.8. The summed E-state index contributed by atoms with van der Waals surface area (Å²) in [5.74, 6) is -1.61. The number of aryl methyl sites for hydroxylation is 1. The molecule has 0 saturated heterocycles. The van der Waals surface area contributed by atoms with E-state index in [-0.39, 0.29) is 13.2 Å². The molecule has 0 radical (unpaired) electrons. The van der Waals surface area contributed by atoms with Crippen LogP contribution in [0.4, 0.5) is 0 Å². The van der Waals surface area contributed by atoms with Crippen molar-refractivity contribution < 1.29 is 24.2 Å². The van der Waals surface area contributed by atoms with Gasteiger partial charge in [-0.15, -0.1) is 0 Å². The lowest BCUT2D eigenvalue weighted by molar-refractivity contribution is -0.137. The highest BCUT2D eigenvalue weighted by atomic mass is 16.5. The van der Waals surface area contributed by atoms with E-state index in [2.05, 4.69) is 10.6 Å². The summed E-state index contributed by atoms with van der Waals surface area (Å²) in [5.41, 5.74) is 1.17. The highest BCUT2D eigenvalue weighted by molar-refractivity contribution is 5.87. The minimum Gasteiger partial charge on any atom is -0.484 e. The van der Waals surface area contributed by atoms with Crippen molar-refractivity contribution in [2.24, 2.45) is 0 Å². The van der Waals surface area contributed by atoms with E-state index in [9.17, 15) is 14.4 Å². The maximum Gasteiger partial charge on any atom is 0.322 e. The summed E-state index contributed by atoms with van der Waals surface area (Å²) in [6, 6.07) is 7.36. The predicted octanol–water partition coefficient (Wildman–Crippen LogP) is -0.0552. The number of carbonyl (C=O) groups is 3. The predicted molar refractivity (Wildman–Crippen MR) is 75.0 cm³/mol. The van der Waals surface area contributed by atoms with Gasteiger partial charge in [-0.25, -0.2) is 0 Å². The highest BCUT2D eigenvalue weighted by Gasteiger charge is 2.07. The summed E-state index contributed by atoms with van der Waals surface area (Å²) >= 11 is 0. The Morgan fingerprint density at radius 2 is 1.67 bits per heavy atom. The molecular formula is C14H18N2O5. The summed E-state index contributed by atoms with van der Waals surface area (Å²) < 4.78 is 5.26. The number of carboxylic acids is 1. The molecule has 0 fully saturated rings. The van der Waals surface area contributed by atoms with Crippen LogP contribution in [0.15, 0.2) is 24.3 Å². The standard InChI is InChI=1S/C14H18N2O5/c1-2-10-3-5-11(6-4-10)21-9-13(18)15-7-12(17)16-8-14(19)20/h3-6H,2,7-9H2,1H3,(H,15,18)(H,16,17)(H,19,20). The van der Waals surface area contributed by atoms with Gasteiger partial charge in [-0.1, -0.05) is 19.1 Å². The number of amides is 2. The number of benzene rings is 1. The average Bonchev–Trinajstić information content (AvgIpc) is 2.49. The average molecular weight is 294 g/mol. The molecule has 1 rings (SSSR count). The van der Waals surface area contributed by atoms with Gasteiger partial charge >= 0.3 is 5.97 Å². The largest absolute Gasteiger partial charge is 0.484 e. The van der Waals surface area contributed by atoms with E-state index in [1.165, 1.54) is 5.56 Å². The van der Waals surface area contributed by atoms with E-state index >= 15 is 0 Å². The summed E-state index contributed by atoms with van der Waals surface area (Å²) in [6.45, 7) is 1.07. The number of hydrogen-bond acceptors (Lipinski definition) is 4. The zero-order valence-electron chi connectivity index (χ0n) is 11.7. The van der Waals surface area contributed by atoms with Gasteiger partial charge in [0.25, 0.3) is 5.91 Å². The van der Waals surface area contributed by atoms with E-state index in [1.807, 2.05) is 19.1 Å². The number of ether oxygens (including phenoxy) is 1. The molecule has 0 spiro atoms. The number of aliphatic carboxylic acids is 1. The fourth-order valence-corrected chi connectivity index (χ4v) is 1.44. The van der Waals surface area contributed by atoms with Crippen molar-refractivity contribution in [1.29, 1.82) is 0 Å². The normalized spacial score (nSPS) is 9.76. The third kappa shape index (κ3) is 6.95. The van der Waals surface area contributed by atoms with Crippen LogP contribution >= 0.6 is 0 Å². The minimum atomic E-state index is -1.14. The van der Waals surface area contributed by atoms with Crippen molar-refractivity contribution in [3.8, 4) is 5.75 Å². The Morgan fingerprint density at radius 3 is 2.24 bits per heavy atom. The fourth-order valence-electron chi connectivity index (χ4n) is 1.44. The zero-order valence-corrected chi connectivity index (χ0v) is 11.7. The molecule has 21 heavy (non-hydrogen) atoms. The second kappa shape index (κ2) is 8.57. The number of hydrogen-bond donors (Lipinski definition) is 3. The first-order chi connectivity index (χ1) is 10.0. The molecule has 0 aliphatic heterocycles. The van der Waals surface area contributed by atoms with Crippen molar-refractivity contribution in [3.05, 3.63) is 29.8 Å². The van der Waals surface area contributed by atoms with E-state index in [1.54, 1.807) is 12.1 Å². The summed E-state index contributed by atoms with van der Waals surface area (Å²) in [6.07, 6.45) is 0.923. The molecule has 0 heterocycles. The Bertz CT molecular complexity index is 499. The van der Waals surface area contributed by atoms with E-state index in [0.29, 0.717) is 5.75 Å². The topological polar surface area (TPSA) is 105 Å². The van der Waals surface area contributed by atoms with Crippen LogP contribution in [0.5, 0.6) is 5.75 Å². The Balaban J connectivity index is 2.24. The van der Waals surface area contributed by atoms with Gasteiger partial charge in [-0.05, 0) is 24.1 Å². The first-order valence-corrected chi connectivity index (χ1v) is 6.48. The molecule has 114 valence electrons. The molecule has 0 aromatic heterocycles. The second-order valence-corrected chi connectivity index (χ2v) is 4.23. The smallest absolute Gasteiger partial charge is 0.322 e. The summed E-state index contributed by atoms with van der Waals surface area (Å²) in [7, 11) is 0. The van der Waals surface area contributed by atoms with Crippen LogP contribution in [-0.4, -0.2) is 42.6 Å². The van der Waals surface area contributed by atoms with E-state index in [0.717, 1.165) is 6.42 Å². The molecular weight excluding hydrogens is 276 g/mol. The van der Waals surface area contributed by atoms with Crippen molar-refractivity contribution in [2.75, 3.05) is 19.7 Å². The van der Waals surface area contributed by atoms with Crippen LogP contribution in [0.2, 0.25) is 0 Å². The molecule has 1 aromatic rings. The van der Waals surface area contributed by atoms with E-state index < -0.39 is 24.3 Å². The van der Waals surface area contributed by atoms with Crippen LogP contribution < -0.4 is 15.4 Å². The first-order valence-electron chi connectivity index (χ1n) is 6.48. The molecule has 7 heteroatoms. The van der Waals surface area contributed by atoms with Crippen molar-refractivity contribution in [1.82, 2.24) is 10.6 Å². The second-order valence-electron chi connectivity index (χ2n) is 4.23. The Morgan fingerprint density at radius 1 is 1.05 bits per heavy atom. The third-order valence-corrected chi connectivity index (χ3v) is 2.58. The summed E-state index contributed by atoms with van der Waals surface area (Å²) in [4.78, 5) is 32.8. The lowest BCUT2D eigenvalue weighted by atomic mass is 10.2. The van der Waals surface area contributed by atoms with Crippen LogP contribution in [0, 0.1) is 0 Å². The molecule has 0 bridgehead atoms. The van der Waals surface area contributed by atoms with Gasteiger partial charge in [-0.2, -0.15) is 0 Å². The molecule has 0 atom stereocenters. The van der Waals surface area contributed by atoms with Crippen LogP contribution in [0.3, 0.4) is 0 Å². The molecule has 1 aromatic carbocycles. The van der Waals surface area contributed by atoms with Gasteiger partial charge in [0, 0.05) is 0 Å². The van der Waals surface area contributed by atoms with Gasteiger partial charge in [0.15, 0.2) is 6.61 Å². The minimum absolute atomic E-state index is 0.211. The molecule has 2 amide bonds. The Labute approximate surface area is 122 Å². The highest BCUT2D eigenvalue weighted by Crippen LogP contribution is 2.12. The molecule has 0 unspecified atom stereocenters. The molecule has 0 aliphatic carbocycles. The van der Waals surface area contributed by atoms with Crippen LogP contribution in [-0.2, 0) is 20.8 Å².